The Balaban J connectivity index is 2.03. The molecule has 1 aliphatic rings. The van der Waals surface area contributed by atoms with Crippen LogP contribution in [-0.2, 0) is 16.6 Å². The van der Waals surface area contributed by atoms with Crippen LogP contribution in [0, 0.1) is 0 Å². The fourth-order valence-corrected chi connectivity index (χ4v) is 5.51. The Morgan fingerprint density at radius 2 is 1.96 bits per heavy atom. The van der Waals surface area contributed by atoms with Gasteiger partial charge in [0.1, 0.15) is 4.21 Å². The molecule has 8 heteroatoms. The van der Waals surface area contributed by atoms with Crippen LogP contribution in [0.3, 0.4) is 0 Å². The first-order valence-electron chi connectivity index (χ1n) is 8.69. The summed E-state index contributed by atoms with van der Waals surface area (Å²) in [7, 11) is -3.33. The molecule has 136 valence electrons. The highest BCUT2D eigenvalue weighted by Gasteiger charge is 2.27. The molecule has 0 unspecified atom stereocenters. The highest BCUT2D eigenvalue weighted by Crippen LogP contribution is 2.27. The van der Waals surface area contributed by atoms with E-state index >= 15 is 0 Å². The summed E-state index contributed by atoms with van der Waals surface area (Å²) in [6.45, 7) is 7.56. The molecule has 2 rings (SSSR count). The summed E-state index contributed by atoms with van der Waals surface area (Å²) in [6.07, 6.45) is 4.06. The monoisotopic (exact) mass is 372 g/mol. The van der Waals surface area contributed by atoms with Crippen molar-refractivity contribution < 1.29 is 8.42 Å². The van der Waals surface area contributed by atoms with Crippen molar-refractivity contribution in [2.45, 2.75) is 50.3 Å². The summed E-state index contributed by atoms with van der Waals surface area (Å²) in [5, 5.41) is 6.44. The van der Waals surface area contributed by atoms with Crippen LogP contribution in [-0.4, -0.2) is 44.9 Å². The van der Waals surface area contributed by atoms with Crippen LogP contribution < -0.4 is 10.6 Å². The van der Waals surface area contributed by atoms with E-state index in [9.17, 15) is 8.42 Å². The number of rotatable bonds is 7. The van der Waals surface area contributed by atoms with Gasteiger partial charge in [-0.3, -0.25) is 0 Å². The van der Waals surface area contributed by atoms with E-state index in [0.717, 1.165) is 49.6 Å². The Labute approximate surface area is 149 Å². The third-order valence-corrected chi connectivity index (χ3v) is 7.26. The highest BCUT2D eigenvalue weighted by molar-refractivity contribution is 7.91. The molecule has 1 aromatic heterocycles. The summed E-state index contributed by atoms with van der Waals surface area (Å²) in [4.78, 5) is 5.48. The fraction of sp³-hybridized carbons (Fsp3) is 0.688. The zero-order valence-electron chi connectivity index (χ0n) is 14.5. The van der Waals surface area contributed by atoms with Gasteiger partial charge in [-0.05, 0) is 38.3 Å². The van der Waals surface area contributed by atoms with Crippen molar-refractivity contribution in [2.75, 3.05) is 26.2 Å². The predicted molar refractivity (Wildman–Crippen MR) is 100 cm³/mol. The number of hydrogen-bond donors (Lipinski definition) is 2. The molecule has 0 aromatic carbocycles. The molecule has 0 atom stereocenters. The maximum Gasteiger partial charge on any atom is 0.252 e. The van der Waals surface area contributed by atoms with Gasteiger partial charge in [0, 0.05) is 31.1 Å². The van der Waals surface area contributed by atoms with E-state index < -0.39 is 10.0 Å². The smallest absolute Gasteiger partial charge is 0.252 e. The number of sulfonamides is 1. The Kier molecular flexibility index (Phi) is 7.51. The van der Waals surface area contributed by atoms with E-state index in [-0.39, 0.29) is 0 Å². The van der Waals surface area contributed by atoms with Crippen molar-refractivity contribution in [2.24, 2.45) is 4.99 Å². The van der Waals surface area contributed by atoms with Crippen LogP contribution in [0.15, 0.2) is 21.3 Å². The van der Waals surface area contributed by atoms with Gasteiger partial charge < -0.3 is 10.6 Å². The first-order chi connectivity index (χ1) is 11.6. The summed E-state index contributed by atoms with van der Waals surface area (Å²) < 4.78 is 27.4. The Bertz CT molecular complexity index is 634. The molecular weight excluding hydrogens is 344 g/mol. The van der Waals surface area contributed by atoms with E-state index in [1.54, 1.807) is 10.4 Å². The number of hydrogen-bond acceptors (Lipinski definition) is 4. The van der Waals surface area contributed by atoms with Crippen LogP contribution in [0.2, 0.25) is 0 Å². The number of nitrogens with one attached hydrogen (secondary N) is 2. The highest BCUT2D eigenvalue weighted by atomic mass is 32.2. The van der Waals surface area contributed by atoms with Gasteiger partial charge in [0.15, 0.2) is 5.96 Å². The van der Waals surface area contributed by atoms with Crippen LogP contribution in [0.1, 0.15) is 44.4 Å². The van der Waals surface area contributed by atoms with Crippen LogP contribution in [0.25, 0.3) is 0 Å². The lowest BCUT2D eigenvalue weighted by atomic mass is 10.2. The Morgan fingerprint density at radius 3 is 2.62 bits per heavy atom. The van der Waals surface area contributed by atoms with Gasteiger partial charge in [0.05, 0.1) is 6.54 Å². The zero-order chi connectivity index (χ0) is 17.4. The number of nitrogens with zero attached hydrogens (tertiary/aromatic N) is 2. The first-order valence-corrected chi connectivity index (χ1v) is 10.9. The fourth-order valence-electron chi connectivity index (χ4n) is 2.56. The minimum Gasteiger partial charge on any atom is -0.357 e. The standard InChI is InChI=1S/C16H28N4O2S2/c1-3-10-18-16(17-4-2)19-13-14-8-9-15(23-14)24(21,22)20-11-6-5-7-12-20/h8-9H,3-7,10-13H2,1-2H3,(H2,17,18,19). The van der Waals surface area contributed by atoms with Crippen LogP contribution in [0.5, 0.6) is 0 Å². The molecular formula is C16H28N4O2S2. The van der Waals surface area contributed by atoms with E-state index in [0.29, 0.717) is 23.8 Å². The average Bonchev–Trinajstić information content (AvgIpc) is 3.08. The number of aliphatic imine (C=N–C) groups is 1. The maximum absolute atomic E-state index is 12.7. The van der Waals surface area contributed by atoms with Gasteiger partial charge in [0.2, 0.25) is 0 Å². The minimum absolute atomic E-state index is 0.432. The van der Waals surface area contributed by atoms with Crippen molar-refractivity contribution >= 4 is 27.3 Å². The van der Waals surface area contributed by atoms with Gasteiger partial charge >= 0.3 is 0 Å². The third-order valence-electron chi connectivity index (χ3n) is 3.83. The second-order valence-electron chi connectivity index (χ2n) is 5.81. The maximum atomic E-state index is 12.7. The molecule has 0 saturated carbocycles. The van der Waals surface area contributed by atoms with Crippen molar-refractivity contribution in [3.63, 3.8) is 0 Å². The predicted octanol–water partition coefficient (Wildman–Crippen LogP) is 2.39. The molecule has 6 nitrogen and oxygen atoms in total. The number of guanidine groups is 1. The lowest BCUT2D eigenvalue weighted by Crippen LogP contribution is -2.37. The molecule has 0 radical (unpaired) electrons. The number of thiophene rings is 1. The molecule has 2 heterocycles. The molecule has 0 amide bonds. The Morgan fingerprint density at radius 1 is 1.21 bits per heavy atom. The molecule has 1 aliphatic heterocycles. The van der Waals surface area contributed by atoms with Crippen LogP contribution >= 0.6 is 11.3 Å². The molecule has 24 heavy (non-hydrogen) atoms. The van der Waals surface area contributed by atoms with Crippen LogP contribution in [0.4, 0.5) is 0 Å². The SMILES string of the molecule is CCCNC(=NCc1ccc(S(=O)(=O)N2CCCCC2)s1)NCC. The summed E-state index contributed by atoms with van der Waals surface area (Å²) in [5.74, 6) is 0.771. The molecule has 0 spiro atoms. The topological polar surface area (TPSA) is 73.8 Å². The molecule has 0 bridgehead atoms. The Hall–Kier alpha value is -1.12. The first kappa shape index (κ1) is 19.2. The van der Waals surface area contributed by atoms with E-state index in [1.807, 2.05) is 13.0 Å². The van der Waals surface area contributed by atoms with Gasteiger partial charge in [-0.1, -0.05) is 13.3 Å². The van der Waals surface area contributed by atoms with Gasteiger partial charge in [0.25, 0.3) is 10.0 Å². The lowest BCUT2D eigenvalue weighted by molar-refractivity contribution is 0.347. The molecule has 1 fully saturated rings. The second kappa shape index (κ2) is 9.39. The normalized spacial score (nSPS) is 17.0. The lowest BCUT2D eigenvalue weighted by Gasteiger charge is -2.25. The summed E-state index contributed by atoms with van der Waals surface area (Å²) in [6, 6.07) is 3.58. The number of piperidine rings is 1. The molecule has 0 aliphatic carbocycles. The summed E-state index contributed by atoms with van der Waals surface area (Å²) in [5.41, 5.74) is 0. The molecule has 1 saturated heterocycles. The summed E-state index contributed by atoms with van der Waals surface area (Å²) >= 11 is 1.33. The average molecular weight is 373 g/mol. The largest absolute Gasteiger partial charge is 0.357 e. The minimum atomic E-state index is -3.33. The van der Waals surface area contributed by atoms with Gasteiger partial charge in [-0.2, -0.15) is 4.31 Å². The van der Waals surface area contributed by atoms with E-state index in [4.69, 9.17) is 0 Å². The van der Waals surface area contributed by atoms with Crippen molar-refractivity contribution in [1.29, 1.82) is 0 Å². The third kappa shape index (κ3) is 5.19. The quantitative estimate of drug-likeness (QED) is 0.569. The van der Waals surface area contributed by atoms with Crippen molar-refractivity contribution in [1.82, 2.24) is 14.9 Å². The van der Waals surface area contributed by atoms with Gasteiger partial charge in [-0.25, -0.2) is 13.4 Å². The van der Waals surface area contributed by atoms with Gasteiger partial charge in [-0.15, -0.1) is 11.3 Å². The molecule has 1 aromatic rings. The van der Waals surface area contributed by atoms with Crippen molar-refractivity contribution in [3.8, 4) is 0 Å². The zero-order valence-corrected chi connectivity index (χ0v) is 16.2. The van der Waals surface area contributed by atoms with E-state index in [1.165, 1.54) is 11.3 Å². The van der Waals surface area contributed by atoms with Crippen molar-refractivity contribution in [3.05, 3.63) is 17.0 Å². The molecule has 2 N–H and O–H groups in total. The van der Waals surface area contributed by atoms with E-state index in [2.05, 4.69) is 22.5 Å². The second-order valence-corrected chi connectivity index (χ2v) is 9.14.